The summed E-state index contributed by atoms with van der Waals surface area (Å²) in [5.74, 6) is 1.52. The van der Waals surface area contributed by atoms with Gasteiger partial charge in [-0.15, -0.1) is 0 Å². The van der Waals surface area contributed by atoms with Gasteiger partial charge in [0.15, 0.2) is 0 Å². The molecular formula is C10H14O2. The largest absolute Gasteiger partial charge is 0.497 e. The minimum atomic E-state index is 0.249. The quantitative estimate of drug-likeness (QED) is 0.641. The molecule has 2 heteroatoms. The Kier molecular flexibility index (Phi) is 3.09. The van der Waals surface area contributed by atoms with Crippen molar-refractivity contribution in [1.29, 1.82) is 0 Å². The maximum Gasteiger partial charge on any atom is 0.130 e. The molecule has 0 radical (unpaired) electrons. The number of carbonyl (C=O) groups excluding carboxylic acids is 1. The van der Waals surface area contributed by atoms with Crippen molar-refractivity contribution in [2.45, 2.75) is 19.8 Å². The van der Waals surface area contributed by atoms with E-state index in [9.17, 15) is 4.79 Å². The van der Waals surface area contributed by atoms with Crippen LogP contribution in [0.3, 0.4) is 0 Å². The van der Waals surface area contributed by atoms with Crippen LogP contribution in [0.5, 0.6) is 0 Å². The fourth-order valence-corrected chi connectivity index (χ4v) is 1.32. The van der Waals surface area contributed by atoms with Crippen LogP contribution in [0.25, 0.3) is 0 Å². The summed E-state index contributed by atoms with van der Waals surface area (Å²) in [7, 11) is 1.65. The van der Waals surface area contributed by atoms with E-state index in [0.717, 1.165) is 12.2 Å². The molecule has 1 atom stereocenters. The van der Waals surface area contributed by atoms with Gasteiger partial charge in [-0.3, -0.25) is 0 Å². The zero-order valence-corrected chi connectivity index (χ0v) is 7.54. The van der Waals surface area contributed by atoms with Crippen LogP contribution >= 0.6 is 0 Å². The van der Waals surface area contributed by atoms with Crippen LogP contribution in [-0.2, 0) is 9.53 Å². The summed E-state index contributed by atoms with van der Waals surface area (Å²) in [6.45, 7) is 1.63. The second-order valence-corrected chi connectivity index (χ2v) is 3.07. The van der Waals surface area contributed by atoms with Crippen LogP contribution in [0.15, 0.2) is 24.0 Å². The molecule has 2 nitrogen and oxygen atoms in total. The number of methoxy groups -OCH3 is 1. The number of hydrogen-bond donors (Lipinski definition) is 0. The Labute approximate surface area is 72.9 Å². The Morgan fingerprint density at radius 2 is 2.50 bits per heavy atom. The van der Waals surface area contributed by atoms with Crippen LogP contribution in [-0.4, -0.2) is 12.9 Å². The minimum absolute atomic E-state index is 0.249. The molecule has 0 aromatic carbocycles. The van der Waals surface area contributed by atoms with Gasteiger partial charge in [0.2, 0.25) is 0 Å². The molecule has 0 bridgehead atoms. The number of ketones is 1. The molecule has 0 aromatic rings. The monoisotopic (exact) mass is 166 g/mol. The number of carbonyl (C=O) groups is 1. The lowest BCUT2D eigenvalue weighted by Crippen LogP contribution is -2.05. The molecule has 0 N–H and O–H groups in total. The van der Waals surface area contributed by atoms with Crippen molar-refractivity contribution in [2.75, 3.05) is 7.11 Å². The summed E-state index contributed by atoms with van der Waals surface area (Å²) in [4.78, 5) is 10.8. The van der Waals surface area contributed by atoms with Crippen LogP contribution < -0.4 is 0 Å². The Morgan fingerprint density at radius 1 is 1.75 bits per heavy atom. The van der Waals surface area contributed by atoms with Crippen LogP contribution in [0.4, 0.5) is 0 Å². The van der Waals surface area contributed by atoms with Gasteiger partial charge in [0.1, 0.15) is 11.5 Å². The van der Waals surface area contributed by atoms with E-state index in [-0.39, 0.29) is 5.78 Å². The molecule has 0 spiro atoms. The minimum Gasteiger partial charge on any atom is -0.497 e. The highest BCUT2D eigenvalue weighted by atomic mass is 16.5. The molecule has 1 aliphatic rings. The summed E-state index contributed by atoms with van der Waals surface area (Å²) in [6.07, 6.45) is 7.55. The first-order chi connectivity index (χ1) is 5.72. The molecule has 0 saturated heterocycles. The number of Topliss-reactive ketones (excluding diaryl/α,β-unsaturated/α-hetero) is 1. The third-order valence-electron chi connectivity index (χ3n) is 1.94. The molecule has 1 unspecified atom stereocenters. The van der Waals surface area contributed by atoms with E-state index in [1.54, 1.807) is 14.0 Å². The van der Waals surface area contributed by atoms with Gasteiger partial charge in [-0.25, -0.2) is 0 Å². The first kappa shape index (κ1) is 9.04. The van der Waals surface area contributed by atoms with Crippen LogP contribution in [0.1, 0.15) is 19.8 Å². The van der Waals surface area contributed by atoms with Crippen molar-refractivity contribution in [3.8, 4) is 0 Å². The van der Waals surface area contributed by atoms with E-state index in [1.807, 2.05) is 18.2 Å². The first-order valence-electron chi connectivity index (χ1n) is 4.14. The Bertz CT molecular complexity index is 226. The third kappa shape index (κ3) is 2.53. The number of rotatable bonds is 3. The van der Waals surface area contributed by atoms with E-state index in [4.69, 9.17) is 4.74 Å². The molecule has 66 valence electrons. The Balaban J connectivity index is 2.43. The second kappa shape index (κ2) is 4.10. The van der Waals surface area contributed by atoms with E-state index in [0.29, 0.717) is 12.3 Å². The van der Waals surface area contributed by atoms with Gasteiger partial charge < -0.3 is 9.53 Å². The Hall–Kier alpha value is -1.05. The van der Waals surface area contributed by atoms with Gasteiger partial charge >= 0.3 is 0 Å². The molecule has 12 heavy (non-hydrogen) atoms. The number of ether oxygens (including phenoxy) is 1. The highest BCUT2D eigenvalue weighted by molar-refractivity contribution is 5.76. The van der Waals surface area contributed by atoms with Crippen LogP contribution in [0.2, 0.25) is 0 Å². The van der Waals surface area contributed by atoms with Crippen molar-refractivity contribution >= 4 is 5.78 Å². The Morgan fingerprint density at radius 3 is 2.92 bits per heavy atom. The van der Waals surface area contributed by atoms with Gasteiger partial charge in [-0.1, -0.05) is 6.08 Å². The van der Waals surface area contributed by atoms with Gasteiger partial charge in [-0.05, 0) is 31.4 Å². The van der Waals surface area contributed by atoms with E-state index in [2.05, 4.69) is 0 Å². The van der Waals surface area contributed by atoms with Gasteiger partial charge in [-0.2, -0.15) is 0 Å². The molecule has 0 aromatic heterocycles. The summed E-state index contributed by atoms with van der Waals surface area (Å²) in [5.41, 5.74) is 0. The predicted molar refractivity (Wildman–Crippen MR) is 47.6 cm³/mol. The average molecular weight is 166 g/mol. The zero-order chi connectivity index (χ0) is 8.97. The number of allylic oxidation sites excluding steroid dienone is 3. The van der Waals surface area contributed by atoms with Crippen molar-refractivity contribution in [2.24, 2.45) is 5.92 Å². The van der Waals surface area contributed by atoms with Gasteiger partial charge in [0.25, 0.3) is 0 Å². The molecule has 0 saturated carbocycles. The maximum absolute atomic E-state index is 10.8. The lowest BCUT2D eigenvalue weighted by Gasteiger charge is -2.13. The molecule has 0 aliphatic heterocycles. The van der Waals surface area contributed by atoms with E-state index in [1.165, 1.54) is 0 Å². The SMILES string of the molecule is COC1=CCC(CC(C)=O)C=C1. The summed E-state index contributed by atoms with van der Waals surface area (Å²) < 4.78 is 5.03. The molecular weight excluding hydrogens is 152 g/mol. The highest BCUT2D eigenvalue weighted by Gasteiger charge is 2.10. The number of hydrogen-bond acceptors (Lipinski definition) is 2. The van der Waals surface area contributed by atoms with Gasteiger partial charge in [0.05, 0.1) is 7.11 Å². The second-order valence-electron chi connectivity index (χ2n) is 3.07. The summed E-state index contributed by atoms with van der Waals surface area (Å²) >= 11 is 0. The topological polar surface area (TPSA) is 26.3 Å². The van der Waals surface area contributed by atoms with Crippen LogP contribution in [0, 0.1) is 5.92 Å². The lowest BCUT2D eigenvalue weighted by molar-refractivity contribution is -0.117. The van der Waals surface area contributed by atoms with E-state index >= 15 is 0 Å². The maximum atomic E-state index is 10.8. The average Bonchev–Trinajstić information content (AvgIpc) is 2.05. The molecule has 1 aliphatic carbocycles. The van der Waals surface area contributed by atoms with Crippen molar-refractivity contribution in [1.82, 2.24) is 0 Å². The first-order valence-corrected chi connectivity index (χ1v) is 4.14. The third-order valence-corrected chi connectivity index (χ3v) is 1.94. The van der Waals surface area contributed by atoms with Gasteiger partial charge in [0, 0.05) is 6.42 Å². The highest BCUT2D eigenvalue weighted by Crippen LogP contribution is 2.19. The fraction of sp³-hybridized carbons (Fsp3) is 0.500. The van der Waals surface area contributed by atoms with E-state index < -0.39 is 0 Å². The standard InChI is InChI=1S/C10H14O2/c1-8(11)7-9-3-5-10(12-2)6-4-9/h3,5-6,9H,4,7H2,1-2H3. The molecule has 0 amide bonds. The molecule has 0 heterocycles. The predicted octanol–water partition coefficient (Wildman–Crippen LogP) is 2.07. The summed E-state index contributed by atoms with van der Waals surface area (Å²) in [5, 5.41) is 0. The lowest BCUT2D eigenvalue weighted by atomic mass is 9.95. The summed E-state index contributed by atoms with van der Waals surface area (Å²) in [6, 6.07) is 0. The zero-order valence-electron chi connectivity index (χ0n) is 7.54. The molecule has 0 fully saturated rings. The van der Waals surface area contributed by atoms with Crippen molar-refractivity contribution in [3.63, 3.8) is 0 Å². The fourth-order valence-electron chi connectivity index (χ4n) is 1.32. The van der Waals surface area contributed by atoms with Crippen molar-refractivity contribution in [3.05, 3.63) is 24.0 Å². The van der Waals surface area contributed by atoms with Crippen molar-refractivity contribution < 1.29 is 9.53 Å². The smallest absolute Gasteiger partial charge is 0.130 e. The normalized spacial score (nSPS) is 21.8. The molecule has 1 rings (SSSR count).